The second-order valence-corrected chi connectivity index (χ2v) is 7.23. The smallest absolute Gasteiger partial charge is 0.0139 e. The largest absolute Gasteiger partial charge is 0.0839 e. The first kappa shape index (κ1) is 12.7. The third kappa shape index (κ3) is 2.24. The van der Waals surface area contributed by atoms with E-state index in [-0.39, 0.29) is 0 Å². The molecular formula is C20H26. The molecule has 20 heavy (non-hydrogen) atoms. The van der Waals surface area contributed by atoms with E-state index in [2.05, 4.69) is 42.5 Å². The molecule has 0 heterocycles. The van der Waals surface area contributed by atoms with Gasteiger partial charge in [0.15, 0.2) is 0 Å². The molecule has 2 saturated carbocycles. The molecule has 5 atom stereocenters. The summed E-state index contributed by atoms with van der Waals surface area (Å²) in [5.41, 5.74) is 1.79. The van der Waals surface area contributed by atoms with Crippen LogP contribution in [0.1, 0.15) is 44.9 Å². The molecular weight excluding hydrogens is 240 g/mol. The minimum atomic E-state index is 0.859. The Morgan fingerprint density at radius 2 is 1.85 bits per heavy atom. The highest BCUT2D eigenvalue weighted by Gasteiger charge is 2.35. The summed E-state index contributed by atoms with van der Waals surface area (Å²) < 4.78 is 0. The fourth-order valence-corrected chi connectivity index (χ4v) is 5.14. The van der Waals surface area contributed by atoms with Crippen molar-refractivity contribution >= 4 is 0 Å². The Hall–Kier alpha value is -1.04. The van der Waals surface area contributed by atoms with Gasteiger partial charge in [0.05, 0.1) is 0 Å². The summed E-state index contributed by atoms with van der Waals surface area (Å²) in [5, 5.41) is 0. The van der Waals surface area contributed by atoms with Crippen LogP contribution in [-0.4, -0.2) is 0 Å². The van der Waals surface area contributed by atoms with Crippen molar-refractivity contribution in [2.24, 2.45) is 29.6 Å². The van der Waals surface area contributed by atoms with Crippen molar-refractivity contribution in [1.29, 1.82) is 0 Å². The van der Waals surface area contributed by atoms with Gasteiger partial charge in [-0.15, -0.1) is 0 Å². The molecule has 0 radical (unpaired) electrons. The maximum absolute atomic E-state index is 2.49. The summed E-state index contributed by atoms with van der Waals surface area (Å²) in [6, 6.07) is 0. The highest BCUT2D eigenvalue weighted by molar-refractivity contribution is 5.26. The normalized spacial score (nSPS) is 41.6. The van der Waals surface area contributed by atoms with Crippen molar-refractivity contribution in [3.05, 3.63) is 48.1 Å². The van der Waals surface area contributed by atoms with E-state index in [1.54, 1.807) is 5.57 Å². The average molecular weight is 266 g/mol. The van der Waals surface area contributed by atoms with Crippen LogP contribution in [0.4, 0.5) is 0 Å². The van der Waals surface area contributed by atoms with Crippen molar-refractivity contribution in [3.63, 3.8) is 0 Å². The van der Waals surface area contributed by atoms with E-state index in [9.17, 15) is 0 Å². The molecule has 4 rings (SSSR count). The lowest BCUT2D eigenvalue weighted by Crippen LogP contribution is -2.14. The van der Waals surface area contributed by atoms with E-state index in [1.807, 2.05) is 0 Å². The fraction of sp³-hybridized carbons (Fsp3) is 0.600. The van der Waals surface area contributed by atoms with Gasteiger partial charge in [0.25, 0.3) is 0 Å². The Balaban J connectivity index is 1.37. The summed E-state index contributed by atoms with van der Waals surface area (Å²) in [6.07, 6.45) is 26.6. The van der Waals surface area contributed by atoms with Crippen molar-refractivity contribution in [3.8, 4) is 0 Å². The monoisotopic (exact) mass is 266 g/mol. The van der Waals surface area contributed by atoms with Gasteiger partial charge in [-0.25, -0.2) is 0 Å². The first-order valence-corrected chi connectivity index (χ1v) is 8.63. The summed E-state index contributed by atoms with van der Waals surface area (Å²) in [5.74, 6) is 4.49. The maximum Gasteiger partial charge on any atom is -0.0139 e. The molecule has 0 amide bonds. The number of hydrogen-bond acceptors (Lipinski definition) is 0. The van der Waals surface area contributed by atoms with Crippen molar-refractivity contribution in [2.75, 3.05) is 0 Å². The van der Waals surface area contributed by atoms with E-state index in [0.717, 1.165) is 29.6 Å². The first-order chi connectivity index (χ1) is 9.92. The van der Waals surface area contributed by atoms with Crippen LogP contribution >= 0.6 is 0 Å². The van der Waals surface area contributed by atoms with E-state index >= 15 is 0 Å². The van der Waals surface area contributed by atoms with Gasteiger partial charge in [0.1, 0.15) is 0 Å². The van der Waals surface area contributed by atoms with Crippen LogP contribution in [0.5, 0.6) is 0 Å². The predicted octanol–water partition coefficient (Wildman–Crippen LogP) is 5.45. The van der Waals surface area contributed by atoms with Crippen LogP contribution in [-0.2, 0) is 0 Å². The SMILES string of the molecule is C1=CCC2CCC(CCC3CCC4C=CC=CC43)C2=C1. The lowest BCUT2D eigenvalue weighted by atomic mass is 9.81. The van der Waals surface area contributed by atoms with Gasteiger partial charge >= 0.3 is 0 Å². The number of allylic oxidation sites excluding steroid dienone is 8. The molecule has 4 aliphatic carbocycles. The van der Waals surface area contributed by atoms with Crippen LogP contribution in [0.2, 0.25) is 0 Å². The molecule has 0 aromatic heterocycles. The number of rotatable bonds is 3. The number of fused-ring (bicyclic) bond motifs is 2. The average Bonchev–Trinajstić information content (AvgIpc) is 3.09. The zero-order chi connectivity index (χ0) is 13.4. The summed E-state index contributed by atoms with van der Waals surface area (Å²) in [4.78, 5) is 0. The Morgan fingerprint density at radius 1 is 0.900 bits per heavy atom. The zero-order valence-electron chi connectivity index (χ0n) is 12.4. The van der Waals surface area contributed by atoms with Crippen LogP contribution in [0.25, 0.3) is 0 Å². The minimum absolute atomic E-state index is 0.859. The van der Waals surface area contributed by atoms with Crippen molar-refractivity contribution in [1.82, 2.24) is 0 Å². The molecule has 0 heteroatoms. The highest BCUT2D eigenvalue weighted by Crippen LogP contribution is 2.47. The molecule has 0 spiro atoms. The van der Waals surface area contributed by atoms with Crippen LogP contribution < -0.4 is 0 Å². The standard InChI is InChI=1S/C20H26/c1-3-7-19-15(5-1)9-11-17(19)13-14-18-12-10-16-6-2-4-8-20(16)18/h1-5,7-8,15-19H,6,9-14H2. The molecule has 0 saturated heterocycles. The van der Waals surface area contributed by atoms with Crippen molar-refractivity contribution in [2.45, 2.75) is 44.9 Å². The van der Waals surface area contributed by atoms with Crippen LogP contribution in [0.15, 0.2) is 48.1 Å². The van der Waals surface area contributed by atoms with E-state index in [4.69, 9.17) is 0 Å². The van der Waals surface area contributed by atoms with Gasteiger partial charge in [0.2, 0.25) is 0 Å². The summed E-state index contributed by atoms with van der Waals surface area (Å²) >= 11 is 0. The van der Waals surface area contributed by atoms with Gasteiger partial charge in [-0.05, 0) is 74.5 Å². The van der Waals surface area contributed by atoms with Crippen molar-refractivity contribution < 1.29 is 0 Å². The Bertz CT molecular complexity index is 476. The van der Waals surface area contributed by atoms with Gasteiger partial charge in [-0.3, -0.25) is 0 Å². The van der Waals surface area contributed by atoms with Gasteiger partial charge in [-0.2, -0.15) is 0 Å². The molecule has 2 fully saturated rings. The zero-order valence-corrected chi connectivity index (χ0v) is 12.4. The topological polar surface area (TPSA) is 0 Å². The predicted molar refractivity (Wildman–Crippen MR) is 85.3 cm³/mol. The summed E-state index contributed by atoms with van der Waals surface area (Å²) in [6.45, 7) is 0. The molecule has 5 unspecified atom stereocenters. The molecule has 0 aromatic carbocycles. The molecule has 0 aliphatic heterocycles. The quantitative estimate of drug-likeness (QED) is 0.637. The van der Waals surface area contributed by atoms with Gasteiger partial charge < -0.3 is 0 Å². The Labute approximate surface area is 123 Å². The molecule has 106 valence electrons. The molecule has 0 N–H and O–H groups in total. The van der Waals surface area contributed by atoms with Gasteiger partial charge in [-0.1, -0.05) is 48.1 Å². The van der Waals surface area contributed by atoms with E-state index in [1.165, 1.54) is 44.9 Å². The lowest BCUT2D eigenvalue weighted by molar-refractivity contribution is 0.360. The maximum atomic E-state index is 2.49. The second-order valence-electron chi connectivity index (χ2n) is 7.23. The molecule has 0 bridgehead atoms. The Kier molecular flexibility index (Phi) is 3.42. The third-order valence-corrected chi connectivity index (χ3v) is 6.25. The highest BCUT2D eigenvalue weighted by atomic mass is 14.4. The van der Waals surface area contributed by atoms with Gasteiger partial charge in [0, 0.05) is 0 Å². The second kappa shape index (κ2) is 5.39. The van der Waals surface area contributed by atoms with Crippen LogP contribution in [0, 0.1) is 29.6 Å². The molecule has 0 nitrogen and oxygen atoms in total. The first-order valence-electron chi connectivity index (χ1n) is 8.63. The fourth-order valence-electron chi connectivity index (χ4n) is 5.14. The molecule has 0 aromatic rings. The third-order valence-electron chi connectivity index (χ3n) is 6.25. The summed E-state index contributed by atoms with van der Waals surface area (Å²) in [7, 11) is 0. The lowest BCUT2D eigenvalue weighted by Gasteiger charge is -2.24. The van der Waals surface area contributed by atoms with Crippen LogP contribution in [0.3, 0.4) is 0 Å². The Morgan fingerprint density at radius 3 is 2.85 bits per heavy atom. The number of hydrogen-bond donors (Lipinski definition) is 0. The minimum Gasteiger partial charge on any atom is -0.0839 e. The molecule has 4 aliphatic rings. The van der Waals surface area contributed by atoms with E-state index in [0.29, 0.717) is 0 Å². The van der Waals surface area contributed by atoms with E-state index < -0.39 is 0 Å².